The van der Waals surface area contributed by atoms with E-state index in [4.69, 9.17) is 32.7 Å². The second-order valence-electron chi connectivity index (χ2n) is 9.84. The summed E-state index contributed by atoms with van der Waals surface area (Å²) in [5, 5.41) is 3.50. The number of likely N-dealkylation sites (N-methyl/N-ethyl adjacent to an activating group) is 1. The molecule has 1 unspecified atom stereocenters. The lowest BCUT2D eigenvalue weighted by Crippen LogP contribution is -2.49. The lowest BCUT2D eigenvalue weighted by molar-refractivity contribution is -0.141. The first-order chi connectivity index (χ1) is 20.1. The van der Waals surface area contributed by atoms with Crippen molar-refractivity contribution in [2.24, 2.45) is 0 Å². The normalized spacial score (nSPS) is 13.2. The summed E-state index contributed by atoms with van der Waals surface area (Å²) in [5.74, 6) is 0.361. The van der Waals surface area contributed by atoms with Gasteiger partial charge in [0.15, 0.2) is 11.5 Å². The summed E-state index contributed by atoms with van der Waals surface area (Å²) in [7, 11) is -2.15. The largest absolute Gasteiger partial charge is 0.486 e. The minimum Gasteiger partial charge on any atom is -0.486 e. The molecule has 0 radical (unpaired) electrons. The molecule has 0 aromatic heterocycles. The summed E-state index contributed by atoms with van der Waals surface area (Å²) < 4.78 is 37.9. The maximum atomic E-state index is 13.8. The van der Waals surface area contributed by atoms with Crippen molar-refractivity contribution in [2.75, 3.05) is 37.4 Å². The number of nitrogens with one attached hydrogen (secondary N) is 1. The molecule has 0 aliphatic carbocycles. The monoisotopic (exact) mass is 633 g/mol. The molecule has 12 heteroatoms. The zero-order valence-electron chi connectivity index (χ0n) is 23.4. The van der Waals surface area contributed by atoms with Gasteiger partial charge in [0.25, 0.3) is 0 Å². The number of rotatable bonds is 12. The van der Waals surface area contributed by atoms with Crippen LogP contribution in [-0.4, -0.2) is 64.2 Å². The van der Waals surface area contributed by atoms with Crippen LogP contribution in [0.1, 0.15) is 24.0 Å². The Hall–Kier alpha value is -3.47. The highest BCUT2D eigenvalue weighted by atomic mass is 35.5. The molecule has 4 rings (SSSR count). The van der Waals surface area contributed by atoms with E-state index in [1.165, 1.54) is 16.3 Å². The van der Waals surface area contributed by atoms with E-state index < -0.39 is 16.1 Å². The number of benzene rings is 3. The molecular weight excluding hydrogens is 601 g/mol. The molecule has 3 aromatic rings. The molecule has 9 nitrogen and oxygen atoms in total. The summed E-state index contributed by atoms with van der Waals surface area (Å²) in [5.41, 5.74) is 1.92. The van der Waals surface area contributed by atoms with E-state index in [0.717, 1.165) is 11.8 Å². The van der Waals surface area contributed by atoms with E-state index in [2.05, 4.69) is 5.32 Å². The molecule has 1 N–H and O–H groups in total. The molecule has 0 fully saturated rings. The van der Waals surface area contributed by atoms with Gasteiger partial charge in [0.1, 0.15) is 19.3 Å². The second-order valence-corrected chi connectivity index (χ2v) is 12.6. The predicted molar refractivity (Wildman–Crippen MR) is 164 cm³/mol. The number of carbonyl (C=O) groups excluding carboxylic acids is 2. The lowest BCUT2D eigenvalue weighted by atomic mass is 10.0. The average molecular weight is 635 g/mol. The molecule has 0 saturated carbocycles. The SMILES string of the molecule is CNC(=O)C(Cc1ccccc1)N(Cc1ccc(Cl)cc1Cl)C(=O)CCCN(c1ccc2c(c1)OCCO2)S(C)(=O)=O. The maximum Gasteiger partial charge on any atom is 0.242 e. The van der Waals surface area contributed by atoms with Crippen molar-refractivity contribution >= 4 is 50.7 Å². The molecule has 224 valence electrons. The van der Waals surface area contributed by atoms with Crippen LogP contribution in [0.25, 0.3) is 0 Å². The predicted octanol–water partition coefficient (Wildman–Crippen LogP) is 4.70. The van der Waals surface area contributed by atoms with Crippen molar-refractivity contribution in [3.63, 3.8) is 0 Å². The molecule has 42 heavy (non-hydrogen) atoms. The van der Waals surface area contributed by atoms with Gasteiger partial charge in [0.05, 0.1) is 11.9 Å². The number of hydrogen-bond acceptors (Lipinski definition) is 6. The minimum atomic E-state index is -3.68. The van der Waals surface area contributed by atoms with Crippen LogP contribution in [-0.2, 0) is 32.6 Å². The van der Waals surface area contributed by atoms with Gasteiger partial charge < -0.3 is 19.7 Å². The fourth-order valence-corrected chi connectivity index (χ4v) is 6.17. The van der Waals surface area contributed by atoms with Crippen LogP contribution in [0, 0.1) is 0 Å². The van der Waals surface area contributed by atoms with Gasteiger partial charge in [-0.25, -0.2) is 8.42 Å². The van der Waals surface area contributed by atoms with Crippen molar-refractivity contribution < 1.29 is 27.5 Å². The topological polar surface area (TPSA) is 105 Å². The average Bonchev–Trinajstić information content (AvgIpc) is 2.97. The number of amides is 2. The third-order valence-electron chi connectivity index (χ3n) is 6.84. The van der Waals surface area contributed by atoms with Crippen LogP contribution in [0.5, 0.6) is 11.5 Å². The molecule has 1 aliphatic rings. The first-order valence-corrected chi connectivity index (χ1v) is 16.0. The van der Waals surface area contributed by atoms with E-state index in [1.807, 2.05) is 30.3 Å². The Balaban J connectivity index is 1.57. The molecule has 1 heterocycles. The summed E-state index contributed by atoms with van der Waals surface area (Å²) >= 11 is 12.5. The molecule has 0 spiro atoms. The summed E-state index contributed by atoms with van der Waals surface area (Å²) in [6.07, 6.45) is 1.59. The number of halogens is 2. The van der Waals surface area contributed by atoms with Crippen molar-refractivity contribution in [3.8, 4) is 11.5 Å². The second kappa shape index (κ2) is 14.1. The fraction of sp³-hybridized carbons (Fsp3) is 0.333. The Morgan fingerprint density at radius 1 is 0.976 bits per heavy atom. The molecular formula is C30H33Cl2N3O6S. The molecule has 2 amide bonds. The highest BCUT2D eigenvalue weighted by molar-refractivity contribution is 7.92. The van der Waals surface area contributed by atoms with E-state index in [0.29, 0.717) is 46.0 Å². The van der Waals surface area contributed by atoms with Gasteiger partial charge in [-0.05, 0) is 41.8 Å². The number of ether oxygens (including phenoxy) is 2. The van der Waals surface area contributed by atoms with Crippen LogP contribution in [0.15, 0.2) is 66.7 Å². The first-order valence-electron chi connectivity index (χ1n) is 13.4. The summed E-state index contributed by atoms with van der Waals surface area (Å²) in [4.78, 5) is 28.4. The Bertz CT molecular complexity index is 1520. The van der Waals surface area contributed by atoms with Crippen molar-refractivity contribution in [1.82, 2.24) is 10.2 Å². The third kappa shape index (κ3) is 8.08. The smallest absolute Gasteiger partial charge is 0.242 e. The highest BCUT2D eigenvalue weighted by Gasteiger charge is 2.30. The Morgan fingerprint density at radius 3 is 2.36 bits per heavy atom. The van der Waals surface area contributed by atoms with Gasteiger partial charge in [-0.3, -0.25) is 13.9 Å². The van der Waals surface area contributed by atoms with Crippen LogP contribution >= 0.6 is 23.2 Å². The highest BCUT2D eigenvalue weighted by Crippen LogP contribution is 2.35. The number of fused-ring (bicyclic) bond motifs is 1. The fourth-order valence-electron chi connectivity index (χ4n) is 4.75. The Morgan fingerprint density at radius 2 is 1.69 bits per heavy atom. The maximum absolute atomic E-state index is 13.8. The zero-order valence-corrected chi connectivity index (χ0v) is 25.7. The summed E-state index contributed by atoms with van der Waals surface area (Å²) in [6, 6.07) is 18.5. The van der Waals surface area contributed by atoms with E-state index in [1.54, 1.807) is 36.4 Å². The van der Waals surface area contributed by atoms with E-state index in [-0.39, 0.29) is 44.2 Å². The lowest BCUT2D eigenvalue weighted by Gasteiger charge is -2.32. The van der Waals surface area contributed by atoms with Gasteiger partial charge >= 0.3 is 0 Å². The van der Waals surface area contributed by atoms with Gasteiger partial charge in [-0.1, -0.05) is 59.6 Å². The molecule has 1 aliphatic heterocycles. The Kier molecular flexibility index (Phi) is 10.6. The number of sulfonamides is 1. The van der Waals surface area contributed by atoms with Gasteiger partial charge in [0.2, 0.25) is 21.8 Å². The van der Waals surface area contributed by atoms with Gasteiger partial charge in [-0.15, -0.1) is 0 Å². The van der Waals surface area contributed by atoms with Crippen LogP contribution in [0.3, 0.4) is 0 Å². The third-order valence-corrected chi connectivity index (χ3v) is 8.62. The van der Waals surface area contributed by atoms with Crippen molar-refractivity contribution in [1.29, 1.82) is 0 Å². The van der Waals surface area contributed by atoms with E-state index in [9.17, 15) is 18.0 Å². The molecule has 3 aromatic carbocycles. The number of anilines is 1. The van der Waals surface area contributed by atoms with Gasteiger partial charge in [0, 0.05) is 49.1 Å². The number of carbonyl (C=O) groups is 2. The Labute approximate surface area is 256 Å². The van der Waals surface area contributed by atoms with Gasteiger partial charge in [-0.2, -0.15) is 0 Å². The van der Waals surface area contributed by atoms with Crippen LogP contribution in [0.4, 0.5) is 5.69 Å². The number of hydrogen-bond donors (Lipinski definition) is 1. The first kappa shape index (κ1) is 31.5. The van der Waals surface area contributed by atoms with Crippen molar-refractivity contribution in [3.05, 3.63) is 87.9 Å². The van der Waals surface area contributed by atoms with E-state index >= 15 is 0 Å². The quantitative estimate of drug-likeness (QED) is 0.310. The summed E-state index contributed by atoms with van der Waals surface area (Å²) in [6.45, 7) is 0.900. The zero-order chi connectivity index (χ0) is 30.3. The molecule has 0 saturated heterocycles. The molecule has 0 bridgehead atoms. The van der Waals surface area contributed by atoms with Crippen LogP contribution in [0.2, 0.25) is 10.0 Å². The number of nitrogens with zero attached hydrogens (tertiary/aromatic N) is 2. The molecule has 1 atom stereocenters. The van der Waals surface area contributed by atoms with Crippen LogP contribution < -0.4 is 19.1 Å². The van der Waals surface area contributed by atoms with Crippen molar-refractivity contribution in [2.45, 2.75) is 31.8 Å². The minimum absolute atomic E-state index is 0.00986. The standard InChI is InChI=1S/C30H33Cl2N3O6S/c1-33-30(37)26(17-21-7-4-3-5-8-21)34(20-22-10-11-23(31)18-25(22)32)29(36)9-6-14-35(42(2,38)39)24-12-13-27-28(19-24)41-16-15-40-27/h3-5,7-8,10-13,18-19,26H,6,9,14-17,20H2,1-2H3,(H,33,37).